The van der Waals surface area contributed by atoms with Crippen LogP contribution in [0.3, 0.4) is 0 Å². The van der Waals surface area contributed by atoms with Gasteiger partial charge in [0.2, 0.25) is 15.9 Å². The summed E-state index contributed by atoms with van der Waals surface area (Å²) >= 11 is 0. The molecule has 2 heterocycles. The predicted octanol–water partition coefficient (Wildman–Crippen LogP) is 1.08. The van der Waals surface area contributed by atoms with Crippen LogP contribution in [0.1, 0.15) is 23.1 Å². The van der Waals surface area contributed by atoms with E-state index in [2.05, 4.69) is 20.8 Å². The van der Waals surface area contributed by atoms with E-state index in [1.54, 1.807) is 30.0 Å². The Hall–Kier alpha value is -3.84. The van der Waals surface area contributed by atoms with Crippen molar-refractivity contribution in [1.82, 2.24) is 29.4 Å². The molecule has 184 valence electrons. The fraction of sp³-hybridized carbons (Fsp3) is 0.318. The molecule has 2 amide bonds. The number of piperazine rings is 1. The first-order valence-electron chi connectivity index (χ1n) is 10.8. The van der Waals surface area contributed by atoms with Crippen LogP contribution in [0.2, 0.25) is 0 Å². The Morgan fingerprint density at radius 3 is 2.29 bits per heavy atom. The van der Waals surface area contributed by atoms with Crippen LogP contribution >= 0.6 is 0 Å². The lowest BCUT2D eigenvalue weighted by Gasteiger charge is -2.33. The summed E-state index contributed by atoms with van der Waals surface area (Å²) in [6.45, 7) is 4.36. The fourth-order valence-corrected chi connectivity index (χ4v) is 5.18. The highest BCUT2D eigenvalue weighted by Crippen LogP contribution is 2.27. The van der Waals surface area contributed by atoms with Gasteiger partial charge in [-0.15, -0.1) is 5.10 Å². The molecule has 13 heteroatoms. The van der Waals surface area contributed by atoms with Gasteiger partial charge in [-0.2, -0.15) is 8.99 Å². The molecule has 3 aromatic rings. The van der Waals surface area contributed by atoms with Gasteiger partial charge in [-0.1, -0.05) is 0 Å². The number of carbonyl (C=O) groups excluding carboxylic acids is 2. The molecular weight excluding hydrogens is 474 g/mol. The molecule has 1 N–H and O–H groups in total. The zero-order valence-electron chi connectivity index (χ0n) is 19.5. The molecule has 1 saturated heterocycles. The molecule has 1 fully saturated rings. The van der Waals surface area contributed by atoms with Crippen LogP contribution in [0, 0.1) is 6.92 Å². The van der Waals surface area contributed by atoms with Crippen molar-refractivity contribution in [3.05, 3.63) is 53.9 Å². The number of ether oxygens (including phenoxy) is 1. The number of methoxy groups -OCH3 is 1. The Labute approximate surface area is 202 Å². The van der Waals surface area contributed by atoms with E-state index in [9.17, 15) is 18.0 Å². The monoisotopic (exact) mass is 499 g/mol. The van der Waals surface area contributed by atoms with E-state index in [4.69, 9.17) is 4.74 Å². The molecule has 0 unspecified atom stereocenters. The van der Waals surface area contributed by atoms with Crippen LogP contribution in [0.4, 0.5) is 5.69 Å². The second-order valence-corrected chi connectivity index (χ2v) is 9.85. The zero-order chi connectivity index (χ0) is 25.2. The minimum Gasteiger partial charge on any atom is -0.494 e. The van der Waals surface area contributed by atoms with Crippen molar-refractivity contribution in [1.29, 1.82) is 0 Å². The van der Waals surface area contributed by atoms with E-state index in [0.717, 1.165) is 0 Å². The Kier molecular flexibility index (Phi) is 6.80. The maximum absolute atomic E-state index is 13.0. The summed E-state index contributed by atoms with van der Waals surface area (Å²) in [5.41, 5.74) is 1.33. The van der Waals surface area contributed by atoms with Gasteiger partial charge in [0.25, 0.3) is 5.91 Å². The minimum absolute atomic E-state index is 0.0746. The second-order valence-electron chi connectivity index (χ2n) is 7.91. The normalized spacial score (nSPS) is 14.5. The van der Waals surface area contributed by atoms with Crippen molar-refractivity contribution in [2.75, 3.05) is 38.6 Å². The molecule has 12 nitrogen and oxygen atoms in total. The topological polar surface area (TPSA) is 140 Å². The van der Waals surface area contributed by atoms with Crippen LogP contribution in [0.5, 0.6) is 5.75 Å². The Bertz CT molecular complexity index is 1350. The highest BCUT2D eigenvalue weighted by Gasteiger charge is 2.29. The van der Waals surface area contributed by atoms with Gasteiger partial charge in [0.15, 0.2) is 5.82 Å². The lowest BCUT2D eigenvalue weighted by Crippen LogP contribution is -2.49. The molecule has 2 aromatic carbocycles. The molecule has 0 spiro atoms. The number of carbonyl (C=O) groups is 2. The third kappa shape index (κ3) is 5.00. The van der Waals surface area contributed by atoms with E-state index in [-0.39, 0.29) is 23.9 Å². The smallest absolute Gasteiger partial charge is 0.255 e. The predicted molar refractivity (Wildman–Crippen MR) is 126 cm³/mol. The Morgan fingerprint density at radius 1 is 1.03 bits per heavy atom. The average Bonchev–Trinajstić information content (AvgIpc) is 3.29. The molecule has 0 saturated carbocycles. The number of nitrogens with one attached hydrogen (secondary N) is 1. The summed E-state index contributed by atoms with van der Waals surface area (Å²) in [6, 6.07) is 10.8. The largest absolute Gasteiger partial charge is 0.494 e. The number of aromatic nitrogens is 4. The van der Waals surface area contributed by atoms with Crippen LogP contribution in [0.25, 0.3) is 5.69 Å². The van der Waals surface area contributed by atoms with Gasteiger partial charge in [0.05, 0.1) is 12.0 Å². The summed E-state index contributed by atoms with van der Waals surface area (Å²) in [7, 11) is -2.20. The number of rotatable bonds is 6. The number of nitrogens with zero attached hydrogens (tertiary/aromatic N) is 6. The standard InChI is InChI=1S/C22H25N7O5S/c1-15-24-25-26-29(15)20-14-18(6-9-21(20)34-3)23-22(31)17-4-7-19(8-5-17)35(32,33)28-12-10-27(11-13-28)16(2)30/h4-9,14H,10-13H2,1-3H3,(H,23,31). The maximum atomic E-state index is 13.0. The molecule has 0 atom stereocenters. The first-order chi connectivity index (χ1) is 16.7. The summed E-state index contributed by atoms with van der Waals surface area (Å²) < 4.78 is 34.1. The highest BCUT2D eigenvalue weighted by atomic mass is 32.2. The molecule has 0 radical (unpaired) electrons. The lowest BCUT2D eigenvalue weighted by atomic mass is 10.2. The molecule has 0 bridgehead atoms. The van der Waals surface area contributed by atoms with Gasteiger partial charge in [-0.25, -0.2) is 8.42 Å². The van der Waals surface area contributed by atoms with E-state index in [1.165, 1.54) is 47.3 Å². The van der Waals surface area contributed by atoms with E-state index in [0.29, 0.717) is 41.6 Å². The van der Waals surface area contributed by atoms with E-state index >= 15 is 0 Å². The number of hydrogen-bond donors (Lipinski definition) is 1. The number of sulfonamides is 1. The van der Waals surface area contributed by atoms with Crippen LogP contribution in [0.15, 0.2) is 47.4 Å². The van der Waals surface area contributed by atoms with Crippen molar-refractivity contribution < 1.29 is 22.7 Å². The molecular formula is C22H25N7O5S. The van der Waals surface area contributed by atoms with Crippen molar-refractivity contribution in [3.63, 3.8) is 0 Å². The van der Waals surface area contributed by atoms with Gasteiger partial charge >= 0.3 is 0 Å². The van der Waals surface area contributed by atoms with Gasteiger partial charge in [-0.3, -0.25) is 9.59 Å². The van der Waals surface area contributed by atoms with Gasteiger partial charge in [0.1, 0.15) is 11.4 Å². The Morgan fingerprint density at radius 2 is 1.71 bits per heavy atom. The highest BCUT2D eigenvalue weighted by molar-refractivity contribution is 7.89. The lowest BCUT2D eigenvalue weighted by molar-refractivity contribution is -0.129. The third-order valence-corrected chi connectivity index (χ3v) is 7.64. The molecule has 1 aliphatic heterocycles. The number of hydrogen-bond acceptors (Lipinski definition) is 8. The van der Waals surface area contributed by atoms with Crippen molar-refractivity contribution in [2.45, 2.75) is 18.7 Å². The average molecular weight is 500 g/mol. The second kappa shape index (κ2) is 9.80. The fourth-order valence-electron chi connectivity index (χ4n) is 3.76. The van der Waals surface area contributed by atoms with E-state index < -0.39 is 15.9 Å². The number of aryl methyl sites for hydroxylation is 1. The third-order valence-electron chi connectivity index (χ3n) is 5.73. The van der Waals surface area contributed by atoms with Gasteiger partial charge in [0, 0.05) is 44.4 Å². The number of benzene rings is 2. The molecule has 0 aliphatic carbocycles. The maximum Gasteiger partial charge on any atom is 0.255 e. The number of anilines is 1. The van der Waals surface area contributed by atoms with Crippen molar-refractivity contribution in [3.8, 4) is 11.4 Å². The summed E-state index contributed by atoms with van der Waals surface area (Å²) in [6.07, 6.45) is 0. The summed E-state index contributed by atoms with van der Waals surface area (Å²) in [5.74, 6) is 0.589. The molecule has 35 heavy (non-hydrogen) atoms. The molecule has 4 rings (SSSR count). The zero-order valence-corrected chi connectivity index (χ0v) is 20.3. The first-order valence-corrected chi connectivity index (χ1v) is 12.2. The number of tetrazole rings is 1. The van der Waals surface area contributed by atoms with Crippen molar-refractivity contribution in [2.24, 2.45) is 0 Å². The Balaban J connectivity index is 1.48. The minimum atomic E-state index is -3.73. The summed E-state index contributed by atoms with van der Waals surface area (Å²) in [5, 5.41) is 14.2. The SMILES string of the molecule is COc1ccc(NC(=O)c2ccc(S(=O)(=O)N3CCN(C(C)=O)CC3)cc2)cc1-n1nnnc1C. The summed E-state index contributed by atoms with van der Waals surface area (Å²) in [4.78, 5) is 26.0. The van der Waals surface area contributed by atoms with Gasteiger partial charge < -0.3 is 15.0 Å². The quantitative estimate of drug-likeness (QED) is 0.532. The van der Waals surface area contributed by atoms with Crippen LogP contribution in [-0.4, -0.2) is 82.9 Å². The van der Waals surface area contributed by atoms with Crippen LogP contribution < -0.4 is 10.1 Å². The number of amides is 2. The first kappa shape index (κ1) is 24.3. The van der Waals surface area contributed by atoms with Gasteiger partial charge in [-0.05, 0) is 59.8 Å². The van der Waals surface area contributed by atoms with E-state index in [1.807, 2.05) is 0 Å². The molecule has 1 aliphatic rings. The van der Waals surface area contributed by atoms with Crippen LogP contribution in [-0.2, 0) is 14.8 Å². The van der Waals surface area contributed by atoms with Crippen molar-refractivity contribution >= 4 is 27.5 Å². The molecule has 1 aromatic heterocycles.